The highest BCUT2D eigenvalue weighted by molar-refractivity contribution is 9.10. The Morgan fingerprint density at radius 2 is 0.882 bits per heavy atom. The first-order chi connectivity index (χ1) is 48.7. The molecule has 4 saturated carbocycles. The van der Waals surface area contributed by atoms with Crippen LogP contribution in [0.4, 0.5) is 15.3 Å². The van der Waals surface area contributed by atoms with Crippen LogP contribution in [-0.4, -0.2) is 163 Å². The third-order valence-corrected chi connectivity index (χ3v) is 22.0. The Kier molecular flexibility index (Phi) is 22.1. The van der Waals surface area contributed by atoms with Crippen molar-refractivity contribution in [2.45, 2.75) is 205 Å². The molecular formula is C80H104BrN9O12. The quantitative estimate of drug-likeness (QED) is 0.0620. The Morgan fingerprint density at radius 3 is 1.30 bits per heavy atom. The van der Waals surface area contributed by atoms with Crippen molar-refractivity contribution in [3.05, 3.63) is 114 Å². The van der Waals surface area contributed by atoms with Crippen molar-refractivity contribution in [3.8, 4) is 22.9 Å². The number of rotatable bonds is 22. The average molecular weight is 1460 g/mol. The predicted molar refractivity (Wildman–Crippen MR) is 397 cm³/mol. The van der Waals surface area contributed by atoms with Gasteiger partial charge >= 0.3 is 12.2 Å². The van der Waals surface area contributed by atoms with Gasteiger partial charge < -0.3 is 56.8 Å². The fourth-order valence-corrected chi connectivity index (χ4v) is 14.6. The molecule has 2 aromatic carbocycles. The van der Waals surface area contributed by atoms with Crippen LogP contribution in [0.15, 0.2) is 114 Å². The van der Waals surface area contributed by atoms with Crippen LogP contribution >= 0.6 is 15.9 Å². The zero-order valence-electron chi connectivity index (χ0n) is 61.6. The van der Waals surface area contributed by atoms with Crippen LogP contribution in [0.25, 0.3) is 54.7 Å². The number of carbonyl (C=O) groups is 2. The molecule has 21 nitrogen and oxygen atoms in total. The van der Waals surface area contributed by atoms with Gasteiger partial charge in [-0.15, -0.1) is 5.23 Å². The summed E-state index contributed by atoms with van der Waals surface area (Å²) in [7, 11) is 4.16. The molecule has 3 aliphatic heterocycles. The van der Waals surface area contributed by atoms with Crippen LogP contribution in [0.5, 0.6) is 11.8 Å². The number of benzene rings is 2. The second-order valence-corrected chi connectivity index (χ2v) is 33.1. The molecule has 0 radical (unpaired) electrons. The largest absolute Gasteiger partial charge is 0.474 e. The zero-order chi connectivity index (χ0) is 71.7. The smallest absolute Gasteiger partial charge is 0.410 e. The number of pyridine rings is 4. The van der Waals surface area contributed by atoms with E-state index in [-0.39, 0.29) is 36.6 Å². The van der Waals surface area contributed by atoms with Crippen LogP contribution in [0.2, 0.25) is 0 Å². The molecule has 0 unspecified atom stereocenters. The third kappa shape index (κ3) is 17.8. The van der Waals surface area contributed by atoms with Crippen molar-refractivity contribution < 1.29 is 57.2 Å². The molecule has 548 valence electrons. The van der Waals surface area contributed by atoms with E-state index in [2.05, 4.69) is 102 Å². The number of carbonyl (C=O) groups excluding carboxylic acids is 2. The van der Waals surface area contributed by atoms with Gasteiger partial charge in [0.2, 0.25) is 11.8 Å². The zero-order valence-corrected chi connectivity index (χ0v) is 63.2. The topological polar surface area (TPSA) is 198 Å². The molecule has 15 rings (SSSR count). The highest BCUT2D eigenvalue weighted by atomic mass is 79.9. The van der Waals surface area contributed by atoms with Crippen molar-refractivity contribution in [2.24, 2.45) is 37.8 Å². The molecule has 6 aromatic heterocycles. The van der Waals surface area contributed by atoms with Crippen LogP contribution in [-0.2, 0) is 52.2 Å². The van der Waals surface area contributed by atoms with Crippen LogP contribution in [0.3, 0.4) is 0 Å². The lowest BCUT2D eigenvalue weighted by atomic mass is 9.72. The second kappa shape index (κ2) is 30.9. The van der Waals surface area contributed by atoms with Gasteiger partial charge in [-0.05, 0) is 214 Å². The number of anilines is 1. The highest BCUT2D eigenvalue weighted by Gasteiger charge is 2.50. The van der Waals surface area contributed by atoms with Gasteiger partial charge in [0, 0.05) is 153 Å². The Labute approximate surface area is 608 Å². The number of halogens is 1. The van der Waals surface area contributed by atoms with E-state index in [4.69, 9.17) is 47.6 Å². The molecule has 7 fully saturated rings. The molecule has 0 bridgehead atoms. The molecule has 4 aliphatic carbocycles. The van der Waals surface area contributed by atoms with Gasteiger partial charge in [-0.25, -0.2) is 29.2 Å². The van der Waals surface area contributed by atoms with Crippen LogP contribution in [0, 0.1) is 23.7 Å². The number of aryl methyl sites for hydroxylation is 2. The van der Waals surface area contributed by atoms with E-state index >= 15 is 0 Å². The Morgan fingerprint density at radius 1 is 0.471 bits per heavy atom. The van der Waals surface area contributed by atoms with E-state index in [9.17, 15) is 9.59 Å². The summed E-state index contributed by atoms with van der Waals surface area (Å²) in [6.07, 6.45) is 25.4. The minimum atomic E-state index is -0.453. The van der Waals surface area contributed by atoms with E-state index < -0.39 is 22.4 Å². The van der Waals surface area contributed by atoms with E-state index in [1.54, 1.807) is 16.0 Å². The maximum absolute atomic E-state index is 12.0. The normalized spacial score (nSPS) is 23.8. The van der Waals surface area contributed by atoms with Gasteiger partial charge in [0.25, 0.3) is 0 Å². The maximum Gasteiger partial charge on any atom is 0.410 e. The summed E-state index contributed by atoms with van der Waals surface area (Å²) in [5.41, 5.74) is 6.05. The van der Waals surface area contributed by atoms with Crippen molar-refractivity contribution in [1.82, 2.24) is 38.9 Å². The Balaban J connectivity index is 0.000000145. The molecule has 0 N–H and O–H groups in total. The lowest BCUT2D eigenvalue weighted by Gasteiger charge is -2.40. The van der Waals surface area contributed by atoms with Gasteiger partial charge in [0.05, 0.1) is 72.8 Å². The number of aromatic nitrogens is 6. The van der Waals surface area contributed by atoms with Gasteiger partial charge in [0.15, 0.2) is 0 Å². The minimum Gasteiger partial charge on any atom is -0.474 e. The highest BCUT2D eigenvalue weighted by Crippen LogP contribution is 2.44. The number of nitrogens with zero attached hydrogens (tertiary/aromatic N) is 9. The summed E-state index contributed by atoms with van der Waals surface area (Å²) in [5.74, 6) is 4.45. The van der Waals surface area contributed by atoms with E-state index in [1.807, 2.05) is 131 Å². The first-order valence-electron chi connectivity index (χ1n) is 36.9. The van der Waals surface area contributed by atoms with Crippen molar-refractivity contribution >= 4 is 77.4 Å². The third-order valence-electron chi connectivity index (χ3n) is 21.5. The molecule has 8 aromatic rings. The number of likely N-dealkylation sites (tertiary alicyclic amines) is 2. The van der Waals surface area contributed by atoms with E-state index in [1.165, 1.54) is 58.1 Å². The first-order valence-corrected chi connectivity index (χ1v) is 37.7. The second-order valence-electron chi connectivity index (χ2n) is 32.2. The number of hydrogen-bond acceptors (Lipinski definition) is 17. The lowest BCUT2D eigenvalue weighted by molar-refractivity contribution is -0.0740. The summed E-state index contributed by atoms with van der Waals surface area (Å²) >= 11 is 3.38. The molecule has 9 heterocycles. The van der Waals surface area contributed by atoms with Gasteiger partial charge in [-0.2, -0.15) is 0 Å². The van der Waals surface area contributed by atoms with Gasteiger partial charge in [-0.1, -0.05) is 12.1 Å². The Bertz CT molecular complexity index is 4140. The molecule has 102 heavy (non-hydrogen) atoms. The van der Waals surface area contributed by atoms with Crippen LogP contribution < -0.4 is 14.7 Å². The number of ether oxygens (including phenoxy) is 8. The van der Waals surface area contributed by atoms with Crippen LogP contribution in [0.1, 0.15) is 146 Å². The van der Waals surface area contributed by atoms with Gasteiger partial charge in [-0.3, -0.25) is 9.97 Å². The molecular weight excluding hydrogens is 1360 g/mol. The first kappa shape index (κ1) is 73.1. The summed E-state index contributed by atoms with van der Waals surface area (Å²) in [6, 6.07) is 24.7. The number of hydrogen-bond donors (Lipinski definition) is 0. The number of amides is 2. The van der Waals surface area contributed by atoms with Crippen molar-refractivity contribution in [1.29, 1.82) is 0 Å². The van der Waals surface area contributed by atoms with Crippen molar-refractivity contribution in [3.63, 3.8) is 0 Å². The predicted octanol–water partition coefficient (Wildman–Crippen LogP) is 16.3. The average Bonchev–Trinajstić information content (AvgIpc) is 1.60. The summed E-state index contributed by atoms with van der Waals surface area (Å²) in [6.45, 7) is 25.3. The summed E-state index contributed by atoms with van der Waals surface area (Å²) in [4.78, 5) is 56.8. The monoisotopic (exact) mass is 1460 g/mol. The van der Waals surface area contributed by atoms with E-state index in [0.717, 1.165) is 139 Å². The summed E-state index contributed by atoms with van der Waals surface area (Å²) < 4.78 is 52.2. The molecule has 22 heteroatoms. The summed E-state index contributed by atoms with van der Waals surface area (Å²) in [5, 5.41) is 6.25. The fraction of sp³-hybridized carbons (Fsp3) is 0.575. The molecule has 3 saturated heterocycles. The number of fused-ring (bicyclic) bond motifs is 6. The lowest BCUT2D eigenvalue weighted by Crippen LogP contribution is -2.56. The van der Waals surface area contributed by atoms with E-state index in [0.29, 0.717) is 50.1 Å². The molecule has 0 spiro atoms. The molecule has 2 amide bonds. The molecule has 7 aliphatic rings. The van der Waals surface area contributed by atoms with Gasteiger partial charge in [0.1, 0.15) is 34.6 Å². The molecule has 0 atom stereocenters. The minimum absolute atomic E-state index is 0.150. The van der Waals surface area contributed by atoms with Crippen molar-refractivity contribution in [2.75, 3.05) is 57.8 Å². The fourth-order valence-electron chi connectivity index (χ4n) is 14.4. The SMILES string of the molecule is CC(C)(C)OC(=O)N1CC(OCCC2CC(CCOC3CC(Oc4ccc(Br)cn4)C3)C2)C1.Cn1c2ccncc2c2ccc(-c3ccc(OC4CC(OCCC5CC(CCOC6CN(C(=O)OC(C)(C)C)C6)C5)C4)nc3)cc21.Cn1c2ccncc2c2ccc(N3OC(C)(C)C(C)(C)O3)cc21. The Hall–Kier alpha value is -7.18. The maximum atomic E-state index is 12.0. The standard InChI is InChI=1S/C37H46N4O5.C25H37BrN2O5.C18H21N3O2/c1-37(2,3)46-36(42)41-22-30(23-41)44-14-11-25-15-24(16-25)10-13-43-28-18-29(19-28)45-35-8-6-27(20-39-35)26-5-7-31-32-21-38-12-9-33(32)40(4)34(31)17-26;1-25(2,3)33-24(29)28-15-22(16-28)31-9-7-18-10-17(11-18)6-8-30-20-12-21(13-20)32-23-5-4-19(26)14-27-23;1-17(2)18(3,4)23-21(22-17)12-6-7-13-14-11-19-9-8-15(14)20(5)16(13)10-12/h5-9,12,17,20-21,24-25,28-30H,10-11,13-16,18-19,22-23H2,1-4H3;4-5,14,17-18,20-22H,6-13,15-16H2,1-3H3;6-11H,1-5H3.